The summed E-state index contributed by atoms with van der Waals surface area (Å²) in [6, 6.07) is 0. The van der Waals surface area contributed by atoms with Gasteiger partial charge in [0.25, 0.3) is 5.91 Å². The van der Waals surface area contributed by atoms with E-state index in [2.05, 4.69) is 10.2 Å². The van der Waals surface area contributed by atoms with Crippen LogP contribution in [0.5, 0.6) is 0 Å². The Morgan fingerprint density at radius 3 is 2.26 bits per heavy atom. The Morgan fingerprint density at radius 1 is 1.15 bits per heavy atom. The van der Waals surface area contributed by atoms with Crippen LogP contribution in [0.3, 0.4) is 0 Å². The Labute approximate surface area is 163 Å². The van der Waals surface area contributed by atoms with Crippen LogP contribution in [0.2, 0.25) is 5.02 Å². The van der Waals surface area contributed by atoms with E-state index < -0.39 is 10.0 Å². The van der Waals surface area contributed by atoms with Crippen LogP contribution in [0, 0.1) is 13.8 Å². The molecule has 9 nitrogen and oxygen atoms in total. The van der Waals surface area contributed by atoms with Crippen LogP contribution in [0.4, 0.5) is 0 Å². The molecule has 3 rings (SSSR count). The van der Waals surface area contributed by atoms with Crippen molar-refractivity contribution < 1.29 is 13.2 Å². The molecule has 0 aliphatic carbocycles. The summed E-state index contributed by atoms with van der Waals surface area (Å²) >= 11 is 6.20. The van der Waals surface area contributed by atoms with E-state index in [1.54, 1.807) is 36.7 Å². The maximum absolute atomic E-state index is 12.9. The van der Waals surface area contributed by atoms with Gasteiger partial charge in [0.15, 0.2) is 0 Å². The van der Waals surface area contributed by atoms with E-state index in [-0.39, 0.29) is 23.9 Å². The number of carbonyl (C=O) groups excluding carboxylic acids is 1. The normalized spacial score (nSPS) is 16.1. The smallest absolute Gasteiger partial charge is 0.273 e. The van der Waals surface area contributed by atoms with Gasteiger partial charge in [-0.15, -0.1) is 0 Å². The van der Waals surface area contributed by atoms with Gasteiger partial charge in [0.2, 0.25) is 10.0 Å². The first-order valence-electron chi connectivity index (χ1n) is 8.69. The van der Waals surface area contributed by atoms with E-state index in [4.69, 9.17) is 11.6 Å². The highest BCUT2D eigenvalue weighted by molar-refractivity contribution is 7.89. The third-order valence-electron chi connectivity index (χ3n) is 4.72. The lowest BCUT2D eigenvalue weighted by Crippen LogP contribution is -2.50. The topological polar surface area (TPSA) is 93.3 Å². The van der Waals surface area contributed by atoms with Gasteiger partial charge < -0.3 is 4.90 Å². The number of hydrogen-bond donors (Lipinski definition) is 0. The van der Waals surface area contributed by atoms with E-state index >= 15 is 0 Å². The Morgan fingerprint density at radius 2 is 1.78 bits per heavy atom. The van der Waals surface area contributed by atoms with Gasteiger partial charge in [-0.2, -0.15) is 14.5 Å². The Bertz CT molecular complexity index is 973. The highest BCUT2D eigenvalue weighted by Crippen LogP contribution is 2.24. The molecular formula is C16H23ClN6O3S. The van der Waals surface area contributed by atoms with Crippen LogP contribution in [-0.4, -0.2) is 69.3 Å². The zero-order valence-corrected chi connectivity index (χ0v) is 17.4. The van der Waals surface area contributed by atoms with E-state index in [0.29, 0.717) is 41.7 Å². The molecule has 1 fully saturated rings. The molecule has 27 heavy (non-hydrogen) atoms. The van der Waals surface area contributed by atoms with Crippen LogP contribution >= 0.6 is 11.6 Å². The van der Waals surface area contributed by atoms with E-state index in [0.717, 1.165) is 0 Å². The third-order valence-corrected chi connectivity index (χ3v) is 7.17. The number of piperazine rings is 1. The van der Waals surface area contributed by atoms with Crippen molar-refractivity contribution in [3.63, 3.8) is 0 Å². The highest BCUT2D eigenvalue weighted by Gasteiger charge is 2.34. The van der Waals surface area contributed by atoms with Crippen molar-refractivity contribution in [3.8, 4) is 0 Å². The maximum atomic E-state index is 12.9. The lowest BCUT2D eigenvalue weighted by atomic mass is 10.3. The van der Waals surface area contributed by atoms with Crippen molar-refractivity contribution in [2.75, 3.05) is 26.2 Å². The van der Waals surface area contributed by atoms with Gasteiger partial charge in [0.05, 0.1) is 16.4 Å². The third kappa shape index (κ3) is 3.48. The minimum Gasteiger partial charge on any atom is -0.335 e. The Balaban J connectivity index is 1.75. The summed E-state index contributed by atoms with van der Waals surface area (Å²) in [5.74, 6) is -0.241. The quantitative estimate of drug-likeness (QED) is 0.745. The summed E-state index contributed by atoms with van der Waals surface area (Å²) in [4.78, 5) is 14.6. The van der Waals surface area contributed by atoms with Crippen LogP contribution in [-0.2, 0) is 23.6 Å². The number of halogens is 1. The molecule has 0 saturated carbocycles. The molecule has 0 aromatic carbocycles. The Kier molecular flexibility index (Phi) is 5.33. The number of rotatable bonds is 4. The highest BCUT2D eigenvalue weighted by atomic mass is 35.5. The molecular weight excluding hydrogens is 392 g/mol. The van der Waals surface area contributed by atoms with Crippen LogP contribution < -0.4 is 0 Å². The second-order valence-corrected chi connectivity index (χ2v) is 8.79. The summed E-state index contributed by atoms with van der Waals surface area (Å²) in [7, 11) is -1.97. The van der Waals surface area contributed by atoms with Gasteiger partial charge in [-0.25, -0.2) is 8.42 Å². The van der Waals surface area contributed by atoms with Gasteiger partial charge in [-0.05, 0) is 20.8 Å². The van der Waals surface area contributed by atoms with Crippen molar-refractivity contribution in [3.05, 3.63) is 28.3 Å². The van der Waals surface area contributed by atoms with Gasteiger partial charge in [-0.1, -0.05) is 11.6 Å². The fourth-order valence-corrected chi connectivity index (χ4v) is 5.03. The molecule has 11 heteroatoms. The lowest BCUT2D eigenvalue weighted by molar-refractivity contribution is 0.0687. The summed E-state index contributed by atoms with van der Waals surface area (Å²) in [6.45, 7) is 6.95. The summed E-state index contributed by atoms with van der Waals surface area (Å²) < 4.78 is 30.3. The summed E-state index contributed by atoms with van der Waals surface area (Å²) in [5, 5.41) is 8.71. The molecule has 0 radical (unpaired) electrons. The first-order valence-corrected chi connectivity index (χ1v) is 10.5. The average Bonchev–Trinajstić information content (AvgIpc) is 3.14. The molecule has 0 N–H and O–H groups in total. The van der Waals surface area contributed by atoms with Crippen LogP contribution in [0.1, 0.15) is 28.8 Å². The minimum absolute atomic E-state index is 0.217. The van der Waals surface area contributed by atoms with Crippen molar-refractivity contribution in [2.45, 2.75) is 32.2 Å². The maximum Gasteiger partial charge on any atom is 0.273 e. The number of hydrogen-bond acceptors (Lipinski definition) is 5. The van der Waals surface area contributed by atoms with Gasteiger partial charge in [0, 0.05) is 46.0 Å². The van der Waals surface area contributed by atoms with Crippen molar-refractivity contribution in [2.24, 2.45) is 7.05 Å². The first kappa shape index (κ1) is 19.8. The number of aryl methyl sites for hydroxylation is 4. The SMILES string of the molecule is CCn1cc(S(=O)(=O)N2CCN(C(=O)c3c(Cl)c(C)nn3C)CC2)c(C)n1. The second kappa shape index (κ2) is 7.25. The molecule has 0 spiro atoms. The predicted octanol–water partition coefficient (Wildman–Crippen LogP) is 1.05. The fraction of sp³-hybridized carbons (Fsp3) is 0.562. The first-order chi connectivity index (χ1) is 12.7. The average molecular weight is 415 g/mol. The molecule has 3 heterocycles. The van der Waals surface area contributed by atoms with Crippen LogP contribution in [0.15, 0.2) is 11.1 Å². The van der Waals surface area contributed by atoms with Gasteiger partial charge in [-0.3, -0.25) is 14.2 Å². The molecule has 148 valence electrons. The zero-order valence-electron chi connectivity index (χ0n) is 15.8. The number of sulfonamides is 1. The van der Waals surface area contributed by atoms with E-state index in [9.17, 15) is 13.2 Å². The predicted molar refractivity (Wildman–Crippen MR) is 100 cm³/mol. The number of amides is 1. The molecule has 1 amide bonds. The minimum atomic E-state index is -3.64. The monoisotopic (exact) mass is 414 g/mol. The fourth-order valence-electron chi connectivity index (χ4n) is 3.20. The molecule has 2 aromatic heterocycles. The van der Waals surface area contributed by atoms with Crippen molar-refractivity contribution >= 4 is 27.5 Å². The van der Waals surface area contributed by atoms with Crippen LogP contribution in [0.25, 0.3) is 0 Å². The largest absolute Gasteiger partial charge is 0.335 e. The van der Waals surface area contributed by atoms with Crippen molar-refractivity contribution in [1.82, 2.24) is 28.8 Å². The number of nitrogens with zero attached hydrogens (tertiary/aromatic N) is 6. The molecule has 2 aromatic rings. The zero-order chi connectivity index (χ0) is 19.9. The number of carbonyl (C=O) groups is 1. The van der Waals surface area contributed by atoms with Gasteiger partial charge in [0.1, 0.15) is 10.6 Å². The molecule has 0 bridgehead atoms. The summed E-state index contributed by atoms with van der Waals surface area (Å²) in [6.07, 6.45) is 1.56. The molecule has 1 aliphatic rings. The lowest BCUT2D eigenvalue weighted by Gasteiger charge is -2.33. The molecule has 0 atom stereocenters. The van der Waals surface area contributed by atoms with E-state index in [1.807, 2.05) is 6.92 Å². The summed E-state index contributed by atoms with van der Waals surface area (Å²) in [5.41, 5.74) is 1.39. The van der Waals surface area contributed by atoms with E-state index in [1.165, 1.54) is 8.99 Å². The second-order valence-electron chi connectivity index (χ2n) is 6.50. The number of aromatic nitrogens is 4. The Hall–Kier alpha value is -1.91. The van der Waals surface area contributed by atoms with Gasteiger partial charge >= 0.3 is 0 Å². The molecule has 0 unspecified atom stereocenters. The molecule has 1 saturated heterocycles. The van der Waals surface area contributed by atoms with Crippen molar-refractivity contribution in [1.29, 1.82) is 0 Å². The molecule has 1 aliphatic heterocycles. The standard InChI is InChI=1S/C16H23ClN6O3S/c1-5-22-10-13(11(2)19-22)27(25,26)23-8-6-21(7-9-23)16(24)15-14(17)12(3)18-20(15)4/h10H,5-9H2,1-4H3.